The molecule has 128 valence electrons. The molecule has 3 rings (SSSR count). The second-order valence-corrected chi connectivity index (χ2v) is 5.14. The molecule has 3 aromatic rings. The van der Waals surface area contributed by atoms with Crippen LogP contribution < -0.4 is 10.1 Å². The van der Waals surface area contributed by atoms with Crippen LogP contribution in [0.15, 0.2) is 47.2 Å². The van der Waals surface area contributed by atoms with E-state index in [0.29, 0.717) is 17.4 Å². The van der Waals surface area contributed by atoms with Gasteiger partial charge in [0.05, 0.1) is 12.8 Å². The highest BCUT2D eigenvalue weighted by Crippen LogP contribution is 2.25. The summed E-state index contributed by atoms with van der Waals surface area (Å²) in [6.45, 7) is 0. The summed E-state index contributed by atoms with van der Waals surface area (Å²) >= 11 is 0. The Morgan fingerprint density at radius 1 is 1.28 bits per heavy atom. The lowest BCUT2D eigenvalue weighted by Crippen LogP contribution is -2.13. The van der Waals surface area contributed by atoms with Gasteiger partial charge in [-0.15, -0.1) is 0 Å². The van der Waals surface area contributed by atoms with Crippen molar-refractivity contribution in [1.82, 2.24) is 15.1 Å². The number of aromatic nitrogens is 3. The maximum Gasteiger partial charge on any atom is 0.227 e. The van der Waals surface area contributed by atoms with Gasteiger partial charge in [0.2, 0.25) is 17.6 Å². The molecule has 0 aliphatic heterocycles. The number of benzene rings is 1. The Bertz CT molecular complexity index is 867. The summed E-state index contributed by atoms with van der Waals surface area (Å²) < 4.78 is 23.3. The molecule has 0 unspecified atom stereocenters. The zero-order valence-corrected chi connectivity index (χ0v) is 13.4. The predicted octanol–water partition coefficient (Wildman–Crippen LogP) is 2.85. The molecule has 0 saturated carbocycles. The van der Waals surface area contributed by atoms with E-state index >= 15 is 0 Å². The molecule has 2 heterocycles. The van der Waals surface area contributed by atoms with Gasteiger partial charge in [-0.1, -0.05) is 5.16 Å². The third-order valence-corrected chi connectivity index (χ3v) is 3.41. The number of hydrogen-bond donors (Lipinski definition) is 1. The molecule has 8 heteroatoms. The Morgan fingerprint density at radius 2 is 2.08 bits per heavy atom. The Labute approximate surface area is 142 Å². The van der Waals surface area contributed by atoms with Crippen molar-refractivity contribution in [2.45, 2.75) is 12.8 Å². The van der Waals surface area contributed by atoms with E-state index in [4.69, 9.17) is 9.26 Å². The monoisotopic (exact) mass is 342 g/mol. The fourth-order valence-corrected chi connectivity index (χ4v) is 2.18. The lowest BCUT2D eigenvalue weighted by molar-refractivity contribution is -0.116. The maximum absolute atomic E-state index is 13.2. The lowest BCUT2D eigenvalue weighted by Gasteiger charge is -2.09. The summed E-state index contributed by atoms with van der Waals surface area (Å²) in [7, 11) is 1.41. The molecule has 0 fully saturated rings. The first-order valence-corrected chi connectivity index (χ1v) is 7.52. The zero-order chi connectivity index (χ0) is 17.6. The van der Waals surface area contributed by atoms with E-state index in [1.54, 1.807) is 24.5 Å². The second kappa shape index (κ2) is 7.52. The van der Waals surface area contributed by atoms with Crippen molar-refractivity contribution in [3.63, 3.8) is 0 Å². The van der Waals surface area contributed by atoms with Crippen LogP contribution in [0.1, 0.15) is 12.3 Å². The molecule has 0 aliphatic carbocycles. The van der Waals surface area contributed by atoms with E-state index in [0.717, 1.165) is 5.56 Å². The van der Waals surface area contributed by atoms with Gasteiger partial charge >= 0.3 is 0 Å². The van der Waals surface area contributed by atoms with E-state index in [9.17, 15) is 9.18 Å². The molecule has 0 atom stereocenters. The van der Waals surface area contributed by atoms with Gasteiger partial charge in [-0.2, -0.15) is 4.98 Å². The van der Waals surface area contributed by atoms with Crippen molar-refractivity contribution in [2.24, 2.45) is 0 Å². The minimum absolute atomic E-state index is 0.137. The van der Waals surface area contributed by atoms with E-state index in [2.05, 4.69) is 20.4 Å². The second-order valence-electron chi connectivity index (χ2n) is 5.14. The Hall–Kier alpha value is -3.29. The fourth-order valence-electron chi connectivity index (χ4n) is 2.18. The van der Waals surface area contributed by atoms with Crippen molar-refractivity contribution in [2.75, 3.05) is 12.4 Å². The van der Waals surface area contributed by atoms with Crippen LogP contribution in [0, 0.1) is 5.82 Å². The Morgan fingerprint density at radius 3 is 2.84 bits per heavy atom. The molecule has 1 aromatic carbocycles. The first kappa shape index (κ1) is 16.6. The average molecular weight is 342 g/mol. The number of pyridine rings is 1. The number of rotatable bonds is 6. The lowest BCUT2D eigenvalue weighted by atomic mass is 10.2. The highest BCUT2D eigenvalue weighted by atomic mass is 19.1. The van der Waals surface area contributed by atoms with Crippen molar-refractivity contribution in [1.29, 1.82) is 0 Å². The van der Waals surface area contributed by atoms with Crippen molar-refractivity contribution >= 4 is 11.6 Å². The number of hydrogen-bond acceptors (Lipinski definition) is 6. The van der Waals surface area contributed by atoms with Gasteiger partial charge in [0.25, 0.3) is 0 Å². The standard InChI is InChI=1S/C17H15FN4O3/c1-24-14-10-12(18)2-3-13(14)20-15(23)4-5-16-21-17(22-25-16)11-6-8-19-9-7-11/h2-3,6-10H,4-5H2,1H3,(H,20,23). The highest BCUT2D eigenvalue weighted by Gasteiger charge is 2.12. The molecule has 0 aliphatic rings. The number of nitrogens with zero attached hydrogens (tertiary/aromatic N) is 3. The van der Waals surface area contributed by atoms with Crippen LogP contribution in [0.5, 0.6) is 5.75 Å². The van der Waals surface area contributed by atoms with Gasteiger partial charge in [-0.3, -0.25) is 9.78 Å². The zero-order valence-electron chi connectivity index (χ0n) is 13.4. The minimum Gasteiger partial charge on any atom is -0.494 e. The fraction of sp³-hybridized carbons (Fsp3) is 0.176. The molecule has 2 aromatic heterocycles. The van der Waals surface area contributed by atoms with Gasteiger partial charge in [0.15, 0.2) is 0 Å². The molecule has 25 heavy (non-hydrogen) atoms. The molecular weight excluding hydrogens is 327 g/mol. The van der Waals surface area contributed by atoms with Crippen LogP contribution in [-0.4, -0.2) is 28.1 Å². The van der Waals surface area contributed by atoms with Crippen LogP contribution in [-0.2, 0) is 11.2 Å². The molecule has 0 radical (unpaired) electrons. The maximum atomic E-state index is 13.2. The molecule has 1 amide bonds. The number of anilines is 1. The number of methoxy groups -OCH3 is 1. The number of carbonyl (C=O) groups is 1. The van der Waals surface area contributed by atoms with E-state index in [1.807, 2.05) is 0 Å². The van der Waals surface area contributed by atoms with E-state index in [1.165, 1.54) is 25.3 Å². The number of carbonyl (C=O) groups excluding carboxylic acids is 1. The topological polar surface area (TPSA) is 90.1 Å². The normalized spacial score (nSPS) is 10.5. The number of ether oxygens (including phenoxy) is 1. The van der Waals surface area contributed by atoms with Crippen LogP contribution in [0.2, 0.25) is 0 Å². The van der Waals surface area contributed by atoms with E-state index in [-0.39, 0.29) is 24.5 Å². The minimum atomic E-state index is -0.440. The third kappa shape index (κ3) is 4.17. The predicted molar refractivity (Wildman–Crippen MR) is 87.4 cm³/mol. The molecule has 7 nitrogen and oxygen atoms in total. The third-order valence-electron chi connectivity index (χ3n) is 3.41. The quantitative estimate of drug-likeness (QED) is 0.741. The summed E-state index contributed by atoms with van der Waals surface area (Å²) in [5.41, 5.74) is 1.18. The van der Waals surface area contributed by atoms with Crippen molar-refractivity contribution in [3.8, 4) is 17.1 Å². The first-order valence-electron chi connectivity index (χ1n) is 7.52. The van der Waals surface area contributed by atoms with Gasteiger partial charge in [0.1, 0.15) is 11.6 Å². The first-order chi connectivity index (χ1) is 12.2. The van der Waals surface area contributed by atoms with Gasteiger partial charge in [-0.25, -0.2) is 4.39 Å². The summed E-state index contributed by atoms with van der Waals surface area (Å²) in [5.74, 6) is 0.343. The number of nitrogens with one attached hydrogen (secondary N) is 1. The molecule has 1 N–H and O–H groups in total. The molecular formula is C17H15FN4O3. The van der Waals surface area contributed by atoms with Crippen molar-refractivity contribution in [3.05, 3.63) is 54.4 Å². The summed E-state index contributed by atoms with van der Waals surface area (Å²) in [5, 5.41) is 6.55. The van der Waals surface area contributed by atoms with Crippen molar-refractivity contribution < 1.29 is 18.4 Å². The summed E-state index contributed by atoms with van der Waals surface area (Å²) in [4.78, 5) is 20.2. The van der Waals surface area contributed by atoms with Crippen LogP contribution in [0.25, 0.3) is 11.4 Å². The highest BCUT2D eigenvalue weighted by molar-refractivity contribution is 5.92. The van der Waals surface area contributed by atoms with E-state index < -0.39 is 5.82 Å². The number of aryl methyl sites for hydroxylation is 1. The Kier molecular flexibility index (Phi) is 4.98. The number of halogens is 1. The SMILES string of the molecule is COc1cc(F)ccc1NC(=O)CCc1nc(-c2ccncc2)no1. The van der Waals surface area contributed by atoms with Crippen LogP contribution in [0.3, 0.4) is 0 Å². The average Bonchev–Trinajstić information content (AvgIpc) is 3.11. The van der Waals surface area contributed by atoms with Crippen LogP contribution in [0.4, 0.5) is 10.1 Å². The van der Waals surface area contributed by atoms with Gasteiger partial charge < -0.3 is 14.6 Å². The summed E-state index contributed by atoms with van der Waals surface area (Å²) in [6.07, 6.45) is 3.69. The smallest absolute Gasteiger partial charge is 0.227 e. The summed E-state index contributed by atoms with van der Waals surface area (Å²) in [6, 6.07) is 7.43. The molecule has 0 bridgehead atoms. The largest absolute Gasteiger partial charge is 0.494 e. The van der Waals surface area contributed by atoms with Gasteiger partial charge in [-0.05, 0) is 24.3 Å². The molecule has 0 saturated heterocycles. The van der Waals surface area contributed by atoms with Gasteiger partial charge in [0, 0.05) is 36.9 Å². The number of amides is 1. The van der Waals surface area contributed by atoms with Crippen LogP contribution >= 0.6 is 0 Å². The molecule has 0 spiro atoms. The Balaban J connectivity index is 1.59.